The maximum Gasteiger partial charge on any atom is 0.348 e. The summed E-state index contributed by atoms with van der Waals surface area (Å²) < 4.78 is 18.2. The van der Waals surface area contributed by atoms with Crippen LogP contribution < -0.4 is 0 Å². The van der Waals surface area contributed by atoms with Gasteiger partial charge in [0, 0.05) is 10.4 Å². The minimum absolute atomic E-state index is 0.293. The monoisotopic (exact) mass is 332 g/mol. The van der Waals surface area contributed by atoms with Crippen LogP contribution in [0.4, 0.5) is 4.39 Å². The summed E-state index contributed by atoms with van der Waals surface area (Å²) in [7, 11) is 1.66. The Balaban J connectivity index is 2.12. The largest absolute Gasteiger partial charge is 0.462 e. The number of rotatable bonds is 4. The Hall–Kier alpha value is -2.61. The van der Waals surface area contributed by atoms with Gasteiger partial charge in [-0.2, -0.15) is 4.80 Å². The Labute approximate surface area is 135 Å². The zero-order valence-corrected chi connectivity index (χ0v) is 13.3. The number of ether oxygens (including phenoxy) is 1. The molecule has 0 saturated heterocycles. The van der Waals surface area contributed by atoms with E-state index in [4.69, 9.17) is 4.74 Å². The van der Waals surface area contributed by atoms with Gasteiger partial charge in [-0.1, -0.05) is 12.1 Å². The van der Waals surface area contributed by atoms with Crippen molar-refractivity contribution < 1.29 is 13.9 Å². The summed E-state index contributed by atoms with van der Waals surface area (Å²) in [6.07, 6.45) is 0. The Morgan fingerprint density at radius 2 is 2.09 bits per heavy atom. The van der Waals surface area contributed by atoms with Crippen molar-refractivity contribution in [1.29, 1.82) is 0 Å². The minimum atomic E-state index is -0.406. The van der Waals surface area contributed by atoms with E-state index in [9.17, 15) is 9.18 Å². The van der Waals surface area contributed by atoms with Gasteiger partial charge in [0.25, 0.3) is 0 Å². The molecule has 0 unspecified atom stereocenters. The van der Waals surface area contributed by atoms with Gasteiger partial charge in [0.1, 0.15) is 10.7 Å². The average Bonchev–Trinajstić information content (AvgIpc) is 3.14. The molecule has 23 heavy (non-hydrogen) atoms. The van der Waals surface area contributed by atoms with E-state index in [-0.39, 0.29) is 5.82 Å². The highest BCUT2D eigenvalue weighted by Crippen LogP contribution is 2.38. The van der Waals surface area contributed by atoms with Gasteiger partial charge in [-0.15, -0.1) is 21.5 Å². The van der Waals surface area contributed by atoms with Gasteiger partial charge in [-0.05, 0) is 35.9 Å². The Morgan fingerprint density at radius 3 is 2.70 bits per heavy atom. The Kier molecular flexibility index (Phi) is 4.16. The van der Waals surface area contributed by atoms with E-state index in [0.29, 0.717) is 22.9 Å². The molecule has 0 saturated carbocycles. The Morgan fingerprint density at radius 1 is 1.35 bits per heavy atom. The molecule has 0 aliphatic carbocycles. The van der Waals surface area contributed by atoms with Gasteiger partial charge in [0.05, 0.1) is 13.7 Å². The second kappa shape index (κ2) is 6.25. The highest BCUT2D eigenvalue weighted by molar-refractivity contribution is 7.18. The number of thiophene rings is 1. The average molecular weight is 332 g/mol. The first-order valence-corrected chi connectivity index (χ1v) is 7.71. The number of carbonyl (C=O) groups is 1. The molecular weight excluding hydrogens is 319 g/mol. The van der Waals surface area contributed by atoms with Crippen molar-refractivity contribution in [3.05, 3.63) is 41.0 Å². The molecule has 8 heteroatoms. The van der Waals surface area contributed by atoms with Crippen molar-refractivity contribution in [2.24, 2.45) is 7.05 Å². The lowest BCUT2D eigenvalue weighted by atomic mass is 10.1. The molecule has 0 aliphatic heterocycles. The molecule has 2 aromatic heterocycles. The summed E-state index contributed by atoms with van der Waals surface area (Å²) >= 11 is 1.26. The van der Waals surface area contributed by atoms with Gasteiger partial charge in [0.15, 0.2) is 0 Å². The van der Waals surface area contributed by atoms with E-state index in [1.165, 1.54) is 28.3 Å². The van der Waals surface area contributed by atoms with Crippen LogP contribution in [-0.2, 0) is 11.8 Å². The third kappa shape index (κ3) is 3.11. The Bertz CT molecular complexity index is 842. The van der Waals surface area contributed by atoms with Crippen LogP contribution in [0.2, 0.25) is 0 Å². The highest BCUT2D eigenvalue weighted by atomic mass is 32.1. The van der Waals surface area contributed by atoms with E-state index in [1.807, 2.05) is 0 Å². The third-order valence-corrected chi connectivity index (χ3v) is 4.23. The molecule has 0 fully saturated rings. The highest BCUT2D eigenvalue weighted by Gasteiger charge is 2.20. The normalized spacial score (nSPS) is 10.7. The second-order valence-corrected chi connectivity index (χ2v) is 5.74. The molecule has 0 aliphatic rings. The van der Waals surface area contributed by atoms with Gasteiger partial charge < -0.3 is 4.74 Å². The van der Waals surface area contributed by atoms with Crippen LogP contribution in [-0.4, -0.2) is 32.8 Å². The van der Waals surface area contributed by atoms with E-state index >= 15 is 0 Å². The summed E-state index contributed by atoms with van der Waals surface area (Å²) in [5, 5.41) is 12.0. The second-order valence-electron chi connectivity index (χ2n) is 4.68. The number of hydrogen-bond acceptors (Lipinski definition) is 6. The summed E-state index contributed by atoms with van der Waals surface area (Å²) in [5.41, 5.74) is 1.44. The van der Waals surface area contributed by atoms with Gasteiger partial charge >= 0.3 is 5.97 Å². The number of aryl methyl sites for hydroxylation is 1. The lowest BCUT2D eigenvalue weighted by Crippen LogP contribution is -2.01. The first kappa shape index (κ1) is 15.3. The quantitative estimate of drug-likeness (QED) is 0.687. The van der Waals surface area contributed by atoms with Crippen LogP contribution in [0.1, 0.15) is 16.6 Å². The lowest BCUT2D eigenvalue weighted by Gasteiger charge is -2.00. The topological polar surface area (TPSA) is 69.9 Å². The molecule has 6 nitrogen and oxygen atoms in total. The SMILES string of the molecule is CCOC(=O)c1cc(-c2nnn(C)n2)c(-c2ccc(F)cc2)s1. The number of tetrazole rings is 1. The van der Waals surface area contributed by atoms with E-state index in [1.54, 1.807) is 32.2 Å². The number of esters is 1. The molecule has 0 amide bonds. The van der Waals surface area contributed by atoms with Crippen molar-refractivity contribution >= 4 is 17.3 Å². The number of benzene rings is 1. The van der Waals surface area contributed by atoms with Crippen molar-refractivity contribution in [2.75, 3.05) is 6.61 Å². The predicted octanol–water partition coefficient (Wildman–Crippen LogP) is 2.92. The first-order chi connectivity index (χ1) is 11.1. The van der Waals surface area contributed by atoms with Crippen molar-refractivity contribution in [3.63, 3.8) is 0 Å². The molecule has 0 spiro atoms. The standard InChI is InChI=1S/C15H13FN4O2S/c1-3-22-15(21)12-8-11(14-17-19-20(2)18-14)13(23-12)9-4-6-10(16)7-5-9/h4-8H,3H2,1-2H3. The fraction of sp³-hybridized carbons (Fsp3) is 0.200. The lowest BCUT2D eigenvalue weighted by molar-refractivity contribution is 0.0532. The number of hydrogen-bond donors (Lipinski definition) is 0. The van der Waals surface area contributed by atoms with E-state index in [0.717, 1.165) is 10.4 Å². The molecule has 0 atom stereocenters. The van der Waals surface area contributed by atoms with Crippen LogP contribution >= 0.6 is 11.3 Å². The molecule has 0 radical (unpaired) electrons. The number of carbonyl (C=O) groups excluding carboxylic acids is 1. The molecule has 3 rings (SSSR count). The van der Waals surface area contributed by atoms with Crippen LogP contribution in [0.5, 0.6) is 0 Å². The number of nitrogens with zero attached hydrogens (tertiary/aromatic N) is 4. The summed E-state index contributed by atoms with van der Waals surface area (Å²) in [5.74, 6) is -0.329. The van der Waals surface area contributed by atoms with E-state index in [2.05, 4.69) is 15.4 Å². The van der Waals surface area contributed by atoms with Crippen LogP contribution in [0, 0.1) is 5.82 Å². The van der Waals surface area contributed by atoms with Crippen molar-refractivity contribution in [2.45, 2.75) is 6.92 Å². The molecular formula is C15H13FN4O2S. The fourth-order valence-electron chi connectivity index (χ4n) is 2.07. The molecule has 0 bridgehead atoms. The maximum atomic E-state index is 13.2. The zero-order valence-electron chi connectivity index (χ0n) is 12.5. The smallest absolute Gasteiger partial charge is 0.348 e. The minimum Gasteiger partial charge on any atom is -0.462 e. The predicted molar refractivity (Wildman–Crippen MR) is 83.5 cm³/mol. The molecule has 1 aromatic carbocycles. The third-order valence-electron chi connectivity index (χ3n) is 3.06. The molecule has 118 valence electrons. The van der Waals surface area contributed by atoms with Gasteiger partial charge in [-0.25, -0.2) is 9.18 Å². The van der Waals surface area contributed by atoms with Crippen LogP contribution in [0.15, 0.2) is 30.3 Å². The molecule has 3 aromatic rings. The first-order valence-electron chi connectivity index (χ1n) is 6.89. The van der Waals surface area contributed by atoms with Gasteiger partial charge in [-0.3, -0.25) is 0 Å². The zero-order chi connectivity index (χ0) is 16.4. The van der Waals surface area contributed by atoms with Crippen molar-refractivity contribution in [1.82, 2.24) is 20.2 Å². The summed E-state index contributed by atoms with van der Waals surface area (Å²) in [4.78, 5) is 14.5. The summed E-state index contributed by atoms with van der Waals surface area (Å²) in [6.45, 7) is 2.04. The molecule has 0 N–H and O–H groups in total. The van der Waals surface area contributed by atoms with Crippen molar-refractivity contribution in [3.8, 4) is 21.8 Å². The van der Waals surface area contributed by atoms with E-state index < -0.39 is 5.97 Å². The summed E-state index contributed by atoms with van der Waals surface area (Å²) in [6, 6.07) is 7.71. The maximum absolute atomic E-state index is 13.2. The van der Waals surface area contributed by atoms with Crippen LogP contribution in [0.3, 0.4) is 0 Å². The number of aromatic nitrogens is 4. The van der Waals surface area contributed by atoms with Crippen LogP contribution in [0.25, 0.3) is 21.8 Å². The molecule has 2 heterocycles. The number of halogens is 1. The fourth-order valence-corrected chi connectivity index (χ4v) is 3.12. The van der Waals surface area contributed by atoms with Gasteiger partial charge in [0.2, 0.25) is 5.82 Å².